The number of hydrogen-bond acceptors (Lipinski definition) is 4. The van der Waals surface area contributed by atoms with E-state index in [2.05, 4.69) is 4.72 Å². The average molecular weight is 267 g/mol. The van der Waals surface area contributed by atoms with Gasteiger partial charge in [-0.15, -0.1) is 0 Å². The summed E-state index contributed by atoms with van der Waals surface area (Å²) in [5, 5.41) is 8.92. The molecule has 0 fully saturated rings. The minimum atomic E-state index is -3.64. The Balaban J connectivity index is 2.95. The van der Waals surface area contributed by atoms with Crippen molar-refractivity contribution < 1.29 is 8.42 Å². The highest BCUT2D eigenvalue weighted by Crippen LogP contribution is 2.17. The predicted molar refractivity (Wildman–Crippen MR) is 70.2 cm³/mol. The highest BCUT2D eigenvalue weighted by Gasteiger charge is 2.18. The minimum Gasteiger partial charge on any atom is -0.399 e. The summed E-state index contributed by atoms with van der Waals surface area (Å²) >= 11 is 0. The molecule has 0 spiro atoms. The molecule has 1 rings (SSSR count). The van der Waals surface area contributed by atoms with Crippen molar-refractivity contribution in [3.05, 3.63) is 23.8 Å². The van der Waals surface area contributed by atoms with Gasteiger partial charge >= 0.3 is 0 Å². The molecule has 0 aliphatic carbocycles. The first-order chi connectivity index (χ1) is 8.36. The van der Waals surface area contributed by atoms with E-state index >= 15 is 0 Å². The van der Waals surface area contributed by atoms with Gasteiger partial charge in [0, 0.05) is 12.2 Å². The number of hydrogen-bond donors (Lipinski definition) is 2. The standard InChI is InChI=1S/C12H17N3O2S/c1-9(2)5-6-15-18(16,17)12-4-3-11(14)7-10(12)8-13/h3-4,7,9,15H,5-6,14H2,1-2H3. The van der Waals surface area contributed by atoms with Crippen molar-refractivity contribution in [2.45, 2.75) is 25.2 Å². The molecular formula is C12H17N3O2S. The van der Waals surface area contributed by atoms with E-state index < -0.39 is 10.0 Å². The Hall–Kier alpha value is -1.58. The topological polar surface area (TPSA) is 96.0 Å². The summed E-state index contributed by atoms with van der Waals surface area (Å²) in [6, 6.07) is 6.02. The molecule has 0 saturated carbocycles. The number of nitrogen functional groups attached to an aromatic ring is 1. The molecule has 0 bridgehead atoms. The maximum Gasteiger partial charge on any atom is 0.241 e. The quantitative estimate of drug-likeness (QED) is 0.789. The van der Waals surface area contributed by atoms with Crippen LogP contribution in [0.4, 0.5) is 5.69 Å². The first-order valence-corrected chi connectivity index (χ1v) is 7.14. The SMILES string of the molecule is CC(C)CCNS(=O)(=O)c1ccc(N)cc1C#N. The molecule has 0 heterocycles. The maximum absolute atomic E-state index is 12.0. The van der Waals surface area contributed by atoms with Gasteiger partial charge in [-0.05, 0) is 30.5 Å². The van der Waals surface area contributed by atoms with Crippen molar-refractivity contribution in [2.75, 3.05) is 12.3 Å². The third-order valence-corrected chi connectivity index (χ3v) is 3.95. The third kappa shape index (κ3) is 3.72. The van der Waals surface area contributed by atoms with Crippen LogP contribution in [0.5, 0.6) is 0 Å². The summed E-state index contributed by atoms with van der Waals surface area (Å²) in [7, 11) is -3.64. The third-order valence-electron chi connectivity index (χ3n) is 2.43. The highest BCUT2D eigenvalue weighted by molar-refractivity contribution is 7.89. The van der Waals surface area contributed by atoms with Crippen LogP contribution in [-0.4, -0.2) is 15.0 Å². The van der Waals surface area contributed by atoms with E-state index in [1.807, 2.05) is 19.9 Å². The van der Waals surface area contributed by atoms with E-state index in [0.717, 1.165) is 6.42 Å². The fourth-order valence-electron chi connectivity index (χ4n) is 1.43. The molecule has 0 saturated heterocycles. The van der Waals surface area contributed by atoms with E-state index in [-0.39, 0.29) is 10.5 Å². The number of nitrogens with zero attached hydrogens (tertiary/aromatic N) is 1. The molecular weight excluding hydrogens is 250 g/mol. The maximum atomic E-state index is 12.0. The van der Waals surface area contributed by atoms with Gasteiger partial charge in [-0.1, -0.05) is 13.8 Å². The van der Waals surface area contributed by atoms with Gasteiger partial charge in [-0.2, -0.15) is 5.26 Å². The van der Waals surface area contributed by atoms with Crippen LogP contribution in [0.15, 0.2) is 23.1 Å². The van der Waals surface area contributed by atoms with Crippen LogP contribution in [0.25, 0.3) is 0 Å². The summed E-state index contributed by atoms with van der Waals surface area (Å²) in [4.78, 5) is -0.0250. The molecule has 0 aromatic heterocycles. The van der Waals surface area contributed by atoms with Crippen LogP contribution in [0.3, 0.4) is 0 Å². The fraction of sp³-hybridized carbons (Fsp3) is 0.417. The second-order valence-electron chi connectivity index (χ2n) is 4.45. The first-order valence-electron chi connectivity index (χ1n) is 5.66. The van der Waals surface area contributed by atoms with Gasteiger partial charge in [0.15, 0.2) is 0 Å². The Kier molecular flexibility index (Phi) is 4.70. The van der Waals surface area contributed by atoms with Crippen LogP contribution in [-0.2, 0) is 10.0 Å². The van der Waals surface area contributed by atoms with Crippen molar-refractivity contribution in [1.29, 1.82) is 5.26 Å². The summed E-state index contributed by atoms with van der Waals surface area (Å²) in [6.07, 6.45) is 0.746. The average Bonchev–Trinajstić information content (AvgIpc) is 2.27. The number of sulfonamides is 1. The first kappa shape index (κ1) is 14.5. The largest absolute Gasteiger partial charge is 0.399 e. The van der Waals surface area contributed by atoms with Crippen molar-refractivity contribution in [3.63, 3.8) is 0 Å². The van der Waals surface area contributed by atoms with Gasteiger partial charge in [-0.3, -0.25) is 0 Å². The van der Waals surface area contributed by atoms with Gasteiger partial charge in [0.25, 0.3) is 0 Å². The van der Waals surface area contributed by atoms with Gasteiger partial charge in [0.2, 0.25) is 10.0 Å². The Morgan fingerprint density at radius 3 is 2.67 bits per heavy atom. The van der Waals surface area contributed by atoms with Gasteiger partial charge in [0.1, 0.15) is 6.07 Å². The van der Waals surface area contributed by atoms with Crippen molar-refractivity contribution in [3.8, 4) is 6.07 Å². The highest BCUT2D eigenvalue weighted by atomic mass is 32.2. The Morgan fingerprint density at radius 2 is 2.11 bits per heavy atom. The summed E-state index contributed by atoms with van der Waals surface area (Å²) in [5.41, 5.74) is 5.95. The van der Waals surface area contributed by atoms with Gasteiger partial charge < -0.3 is 5.73 Å². The molecule has 0 atom stereocenters. The second kappa shape index (κ2) is 5.85. The molecule has 1 aromatic rings. The summed E-state index contributed by atoms with van der Waals surface area (Å²) in [6.45, 7) is 4.38. The van der Waals surface area contributed by atoms with Gasteiger partial charge in [-0.25, -0.2) is 13.1 Å². The number of nitriles is 1. The molecule has 0 aliphatic heterocycles. The van der Waals surface area contributed by atoms with Crippen LogP contribution in [0, 0.1) is 17.2 Å². The van der Waals surface area contributed by atoms with Crippen LogP contribution < -0.4 is 10.5 Å². The summed E-state index contributed by atoms with van der Waals surface area (Å²) < 4.78 is 26.5. The molecule has 0 unspecified atom stereocenters. The molecule has 18 heavy (non-hydrogen) atoms. The molecule has 98 valence electrons. The van der Waals surface area contributed by atoms with E-state index in [9.17, 15) is 8.42 Å². The van der Waals surface area contributed by atoms with E-state index in [0.29, 0.717) is 18.2 Å². The van der Waals surface area contributed by atoms with Gasteiger partial charge in [0.05, 0.1) is 10.5 Å². The van der Waals surface area contributed by atoms with Crippen molar-refractivity contribution in [2.24, 2.45) is 5.92 Å². The van der Waals surface area contributed by atoms with E-state index in [1.54, 1.807) is 0 Å². The number of rotatable bonds is 5. The van der Waals surface area contributed by atoms with Crippen LogP contribution >= 0.6 is 0 Å². The Labute approximate surface area is 108 Å². The number of anilines is 1. The molecule has 0 radical (unpaired) electrons. The van der Waals surface area contributed by atoms with E-state index in [4.69, 9.17) is 11.0 Å². The number of nitrogens with two attached hydrogens (primary N) is 1. The lowest BCUT2D eigenvalue weighted by atomic mass is 10.1. The van der Waals surface area contributed by atoms with Crippen LogP contribution in [0.1, 0.15) is 25.8 Å². The lowest BCUT2D eigenvalue weighted by molar-refractivity contribution is 0.551. The molecule has 0 amide bonds. The zero-order valence-corrected chi connectivity index (χ0v) is 11.3. The number of benzene rings is 1. The zero-order valence-electron chi connectivity index (χ0n) is 10.5. The van der Waals surface area contributed by atoms with Crippen LogP contribution in [0.2, 0.25) is 0 Å². The lowest BCUT2D eigenvalue weighted by Gasteiger charge is -2.09. The molecule has 6 heteroatoms. The minimum absolute atomic E-state index is 0.0250. The monoisotopic (exact) mass is 267 g/mol. The summed E-state index contributed by atoms with van der Waals surface area (Å²) in [5.74, 6) is 0.412. The molecule has 1 aromatic carbocycles. The predicted octanol–water partition coefficient (Wildman–Crippen LogP) is 1.46. The lowest BCUT2D eigenvalue weighted by Crippen LogP contribution is -2.26. The number of nitrogens with one attached hydrogen (secondary N) is 1. The smallest absolute Gasteiger partial charge is 0.241 e. The fourth-order valence-corrected chi connectivity index (χ4v) is 2.61. The molecule has 3 N–H and O–H groups in total. The second-order valence-corrected chi connectivity index (χ2v) is 6.18. The Bertz CT molecular complexity index is 559. The zero-order chi connectivity index (χ0) is 13.8. The molecule has 5 nitrogen and oxygen atoms in total. The Morgan fingerprint density at radius 1 is 1.44 bits per heavy atom. The van der Waals surface area contributed by atoms with E-state index in [1.165, 1.54) is 18.2 Å². The van der Waals surface area contributed by atoms with Crippen molar-refractivity contribution >= 4 is 15.7 Å². The molecule has 0 aliphatic rings. The normalized spacial score (nSPS) is 11.4. The van der Waals surface area contributed by atoms with Crippen molar-refractivity contribution in [1.82, 2.24) is 4.72 Å².